The van der Waals surface area contributed by atoms with E-state index in [0.717, 1.165) is 37.7 Å². The summed E-state index contributed by atoms with van der Waals surface area (Å²) in [5.74, 6) is 0.860. The minimum absolute atomic E-state index is 0.0156. The highest BCUT2D eigenvalue weighted by atomic mass is 35.5. The largest absolute Gasteiger partial charge is 0.492 e. The van der Waals surface area contributed by atoms with Crippen LogP contribution in [0.4, 0.5) is 0 Å². The van der Waals surface area contributed by atoms with E-state index in [2.05, 4.69) is 5.32 Å². The van der Waals surface area contributed by atoms with Crippen molar-refractivity contribution in [3.8, 4) is 5.75 Å². The second-order valence-corrected chi connectivity index (χ2v) is 6.39. The number of benzene rings is 1. The maximum Gasteiger partial charge on any atom is 0.223 e. The molecule has 1 aliphatic carbocycles. The lowest BCUT2D eigenvalue weighted by Crippen LogP contribution is -2.40. The van der Waals surface area contributed by atoms with Gasteiger partial charge in [0.1, 0.15) is 5.75 Å². The van der Waals surface area contributed by atoms with E-state index in [9.17, 15) is 4.79 Å². The summed E-state index contributed by atoms with van der Waals surface area (Å²) in [6.07, 6.45) is 4.56. The first-order valence-corrected chi connectivity index (χ1v) is 8.00. The molecular weight excluding hydrogens is 288 g/mol. The Hall–Kier alpha value is -1.26. The second kappa shape index (κ2) is 6.24. The van der Waals surface area contributed by atoms with Crippen LogP contribution in [0.5, 0.6) is 5.75 Å². The quantitative estimate of drug-likeness (QED) is 0.883. The number of hydrogen-bond acceptors (Lipinski definition) is 3. The number of para-hydroxylation sites is 1. The maximum absolute atomic E-state index is 12.5. The third kappa shape index (κ3) is 3.16. The van der Waals surface area contributed by atoms with E-state index in [1.165, 1.54) is 0 Å². The van der Waals surface area contributed by atoms with Gasteiger partial charge < -0.3 is 15.8 Å². The average molecular weight is 309 g/mol. The zero-order chi connectivity index (χ0) is 14.8. The molecule has 1 fully saturated rings. The van der Waals surface area contributed by atoms with Gasteiger partial charge in [0.05, 0.1) is 17.7 Å². The van der Waals surface area contributed by atoms with Gasteiger partial charge in [0.15, 0.2) is 0 Å². The predicted molar refractivity (Wildman–Crippen MR) is 82.4 cm³/mol. The number of carbonyl (C=O) groups is 1. The summed E-state index contributed by atoms with van der Waals surface area (Å²) in [5.41, 5.74) is 6.95. The van der Waals surface area contributed by atoms with Gasteiger partial charge in [-0.3, -0.25) is 4.79 Å². The van der Waals surface area contributed by atoms with Gasteiger partial charge in [0.25, 0.3) is 0 Å². The number of ether oxygens (including phenoxy) is 1. The molecule has 0 aromatic heterocycles. The fourth-order valence-corrected chi connectivity index (χ4v) is 3.53. The van der Waals surface area contributed by atoms with Gasteiger partial charge in [-0.05, 0) is 25.3 Å². The van der Waals surface area contributed by atoms with Crippen molar-refractivity contribution in [3.63, 3.8) is 0 Å². The molecule has 0 saturated heterocycles. The zero-order valence-electron chi connectivity index (χ0n) is 12.0. The first-order valence-electron chi connectivity index (χ1n) is 7.62. The monoisotopic (exact) mass is 308 g/mol. The first kappa shape index (κ1) is 14.7. The Morgan fingerprint density at radius 3 is 3.00 bits per heavy atom. The van der Waals surface area contributed by atoms with Gasteiger partial charge >= 0.3 is 0 Å². The van der Waals surface area contributed by atoms with E-state index < -0.39 is 0 Å². The first-order chi connectivity index (χ1) is 10.1. The van der Waals surface area contributed by atoms with E-state index in [1.807, 2.05) is 18.2 Å². The van der Waals surface area contributed by atoms with Crippen LogP contribution in [0.2, 0.25) is 5.02 Å². The number of halogens is 1. The molecule has 3 N–H and O–H groups in total. The molecule has 0 spiro atoms. The number of nitrogens with one attached hydrogen (secondary N) is 1. The van der Waals surface area contributed by atoms with Crippen LogP contribution in [-0.2, 0) is 4.79 Å². The Kier molecular flexibility index (Phi) is 4.36. The summed E-state index contributed by atoms with van der Waals surface area (Å²) in [6, 6.07) is 5.82. The third-order valence-electron chi connectivity index (χ3n) is 4.43. The van der Waals surface area contributed by atoms with Crippen LogP contribution in [0.15, 0.2) is 18.2 Å². The number of carbonyl (C=O) groups excluding carboxylic acids is 1. The van der Waals surface area contributed by atoms with Gasteiger partial charge in [-0.25, -0.2) is 0 Å². The number of rotatable bonds is 2. The summed E-state index contributed by atoms with van der Waals surface area (Å²) in [4.78, 5) is 12.5. The standard InChI is InChI=1S/C16H21ClN2O2/c17-13-6-2-5-12-14(7-8-21-15(12)13)19-16(20)10-3-1-4-11(18)9-10/h2,5-6,10-11,14H,1,3-4,7-9,18H2,(H,19,20). The van der Waals surface area contributed by atoms with Crippen molar-refractivity contribution in [3.05, 3.63) is 28.8 Å². The Bertz CT molecular complexity index is 535. The van der Waals surface area contributed by atoms with Gasteiger partial charge in [-0.15, -0.1) is 0 Å². The molecule has 3 rings (SSSR count). The summed E-state index contributed by atoms with van der Waals surface area (Å²) in [6.45, 7) is 0.575. The number of amides is 1. The molecule has 114 valence electrons. The minimum Gasteiger partial charge on any atom is -0.492 e. The Balaban J connectivity index is 1.71. The zero-order valence-corrected chi connectivity index (χ0v) is 12.7. The molecule has 1 saturated carbocycles. The van der Waals surface area contributed by atoms with Crippen LogP contribution in [0.3, 0.4) is 0 Å². The van der Waals surface area contributed by atoms with E-state index in [4.69, 9.17) is 22.1 Å². The molecule has 21 heavy (non-hydrogen) atoms. The van der Waals surface area contributed by atoms with Crippen LogP contribution in [0.25, 0.3) is 0 Å². The molecule has 1 aliphatic heterocycles. The Labute approximate surface area is 130 Å². The highest BCUT2D eigenvalue weighted by Crippen LogP contribution is 2.37. The summed E-state index contributed by atoms with van der Waals surface area (Å²) >= 11 is 6.16. The van der Waals surface area contributed by atoms with Gasteiger partial charge in [0.2, 0.25) is 5.91 Å². The predicted octanol–water partition coefficient (Wildman–Crippen LogP) is 2.80. The molecule has 1 aromatic rings. The molecule has 2 aliphatic rings. The van der Waals surface area contributed by atoms with E-state index in [0.29, 0.717) is 17.4 Å². The average Bonchev–Trinajstić information content (AvgIpc) is 2.48. The normalized spacial score (nSPS) is 28.4. The molecule has 4 nitrogen and oxygen atoms in total. The molecule has 1 aromatic carbocycles. The van der Waals surface area contributed by atoms with Crippen molar-refractivity contribution in [1.29, 1.82) is 0 Å². The second-order valence-electron chi connectivity index (χ2n) is 5.98. The van der Waals surface area contributed by atoms with E-state index in [1.54, 1.807) is 0 Å². The number of nitrogens with two attached hydrogens (primary N) is 1. The Morgan fingerprint density at radius 2 is 2.19 bits per heavy atom. The smallest absolute Gasteiger partial charge is 0.223 e. The minimum atomic E-state index is -0.0156. The molecule has 3 unspecified atom stereocenters. The summed E-state index contributed by atoms with van der Waals surface area (Å²) in [5, 5.41) is 3.76. The fourth-order valence-electron chi connectivity index (χ4n) is 3.29. The number of hydrogen-bond donors (Lipinski definition) is 2. The van der Waals surface area contributed by atoms with Gasteiger partial charge in [0, 0.05) is 23.9 Å². The molecule has 0 radical (unpaired) electrons. The van der Waals surface area contributed by atoms with Gasteiger partial charge in [-0.1, -0.05) is 30.2 Å². The van der Waals surface area contributed by atoms with Gasteiger partial charge in [-0.2, -0.15) is 0 Å². The van der Waals surface area contributed by atoms with Crippen LogP contribution < -0.4 is 15.8 Å². The van der Waals surface area contributed by atoms with Crippen LogP contribution in [0.1, 0.15) is 43.7 Å². The summed E-state index contributed by atoms with van der Waals surface area (Å²) in [7, 11) is 0. The number of fused-ring (bicyclic) bond motifs is 1. The van der Waals surface area contributed by atoms with Crippen molar-refractivity contribution in [2.24, 2.45) is 11.7 Å². The van der Waals surface area contributed by atoms with Crippen molar-refractivity contribution < 1.29 is 9.53 Å². The lowest BCUT2D eigenvalue weighted by molar-refractivity contribution is -0.127. The maximum atomic E-state index is 12.5. The third-order valence-corrected chi connectivity index (χ3v) is 4.73. The fraction of sp³-hybridized carbons (Fsp3) is 0.562. The van der Waals surface area contributed by atoms with Crippen molar-refractivity contribution in [2.75, 3.05) is 6.61 Å². The van der Waals surface area contributed by atoms with Crippen molar-refractivity contribution in [2.45, 2.75) is 44.2 Å². The molecule has 3 atom stereocenters. The van der Waals surface area contributed by atoms with Crippen LogP contribution in [-0.4, -0.2) is 18.6 Å². The van der Waals surface area contributed by atoms with E-state index in [-0.39, 0.29) is 23.9 Å². The highest BCUT2D eigenvalue weighted by molar-refractivity contribution is 6.32. The molecule has 1 heterocycles. The highest BCUT2D eigenvalue weighted by Gasteiger charge is 2.29. The summed E-state index contributed by atoms with van der Waals surface area (Å²) < 4.78 is 5.63. The topological polar surface area (TPSA) is 64.4 Å². The SMILES string of the molecule is NC1CCCC(C(=O)NC2CCOc3c(Cl)cccc32)C1. The lowest BCUT2D eigenvalue weighted by Gasteiger charge is -2.31. The van der Waals surface area contributed by atoms with Crippen molar-refractivity contribution >= 4 is 17.5 Å². The molecular formula is C16H21ClN2O2. The van der Waals surface area contributed by atoms with Crippen LogP contribution >= 0.6 is 11.6 Å². The molecule has 0 bridgehead atoms. The molecule has 5 heteroatoms. The Morgan fingerprint density at radius 1 is 1.33 bits per heavy atom. The lowest BCUT2D eigenvalue weighted by atomic mass is 9.85. The van der Waals surface area contributed by atoms with Crippen LogP contribution in [0, 0.1) is 5.92 Å². The van der Waals surface area contributed by atoms with Crippen molar-refractivity contribution in [1.82, 2.24) is 5.32 Å². The molecule has 1 amide bonds. The van der Waals surface area contributed by atoms with E-state index >= 15 is 0 Å².